The summed E-state index contributed by atoms with van der Waals surface area (Å²) in [6.07, 6.45) is 10.6. The van der Waals surface area contributed by atoms with Crippen molar-refractivity contribution in [2.24, 2.45) is 0 Å². The second kappa shape index (κ2) is 17.3. The van der Waals surface area contributed by atoms with Gasteiger partial charge in [-0.3, -0.25) is 0 Å². The Labute approximate surface area is 192 Å². The predicted octanol–water partition coefficient (Wildman–Crippen LogP) is 3.25. The van der Waals surface area contributed by atoms with Crippen LogP contribution in [0.2, 0.25) is 0 Å². The first-order valence-electron chi connectivity index (χ1n) is 12.3. The Kier molecular flexibility index (Phi) is 15.6. The largest absolute Gasteiger partial charge is 0.475 e. The number of carboxylic acids is 1. The molecule has 0 aromatic heterocycles. The highest BCUT2D eigenvalue weighted by Gasteiger charge is 2.45. The average molecular weight is 461 g/mol. The van der Waals surface area contributed by atoms with Crippen molar-refractivity contribution in [3.8, 4) is 0 Å². The van der Waals surface area contributed by atoms with E-state index in [4.69, 9.17) is 9.47 Å². The van der Waals surface area contributed by atoms with Gasteiger partial charge in [-0.15, -0.1) is 0 Å². The third-order valence-corrected chi connectivity index (χ3v) is 5.94. The van der Waals surface area contributed by atoms with Crippen LogP contribution in [0.25, 0.3) is 0 Å². The summed E-state index contributed by atoms with van der Waals surface area (Å²) in [6.45, 7) is 1.63. The van der Waals surface area contributed by atoms with Gasteiger partial charge in [0.25, 0.3) is 0 Å². The summed E-state index contributed by atoms with van der Waals surface area (Å²) in [5, 5.41) is 48.1. The van der Waals surface area contributed by atoms with Gasteiger partial charge in [-0.1, -0.05) is 84.0 Å². The molecule has 0 bridgehead atoms. The maximum atomic E-state index is 11.4. The van der Waals surface area contributed by atoms with Gasteiger partial charge in [0.05, 0.1) is 6.61 Å². The SMILES string of the molecule is CCCCCCCCCCCCCCCC=C(OC1O[C@H](CO)[C@@H](O)[C@H](O)[C@H]1O)C(=O)O. The lowest BCUT2D eigenvalue weighted by molar-refractivity contribution is -0.291. The van der Waals surface area contributed by atoms with Gasteiger partial charge in [-0.2, -0.15) is 0 Å². The van der Waals surface area contributed by atoms with Gasteiger partial charge in [-0.05, 0) is 18.9 Å². The summed E-state index contributed by atoms with van der Waals surface area (Å²) < 4.78 is 10.4. The van der Waals surface area contributed by atoms with E-state index in [0.717, 1.165) is 19.3 Å². The van der Waals surface area contributed by atoms with E-state index in [1.165, 1.54) is 70.3 Å². The molecule has 32 heavy (non-hydrogen) atoms. The molecule has 1 fully saturated rings. The summed E-state index contributed by atoms with van der Waals surface area (Å²) in [5.74, 6) is -1.69. The van der Waals surface area contributed by atoms with Crippen molar-refractivity contribution in [2.75, 3.05) is 6.61 Å². The molecule has 5 N–H and O–H groups in total. The first kappa shape index (κ1) is 28.8. The molecule has 0 aromatic carbocycles. The monoisotopic (exact) mass is 460 g/mol. The van der Waals surface area contributed by atoms with Gasteiger partial charge in [0.15, 0.2) is 0 Å². The summed E-state index contributed by atoms with van der Waals surface area (Å²) in [6, 6.07) is 0. The van der Waals surface area contributed by atoms with E-state index >= 15 is 0 Å². The van der Waals surface area contributed by atoms with Crippen molar-refractivity contribution in [3.63, 3.8) is 0 Å². The van der Waals surface area contributed by atoms with Crippen LogP contribution in [0, 0.1) is 0 Å². The average Bonchev–Trinajstić information content (AvgIpc) is 2.78. The van der Waals surface area contributed by atoms with Crippen molar-refractivity contribution >= 4 is 5.97 Å². The van der Waals surface area contributed by atoms with E-state index in [0.29, 0.717) is 6.42 Å². The van der Waals surface area contributed by atoms with Crippen molar-refractivity contribution in [3.05, 3.63) is 11.8 Å². The fraction of sp³-hybridized carbons (Fsp3) is 0.875. The van der Waals surface area contributed by atoms with Crippen LogP contribution in [-0.4, -0.2) is 68.8 Å². The number of aliphatic hydroxyl groups excluding tert-OH is 4. The smallest absolute Gasteiger partial charge is 0.370 e. The Morgan fingerprint density at radius 3 is 1.78 bits per heavy atom. The van der Waals surface area contributed by atoms with E-state index in [1.54, 1.807) is 0 Å². The second-order valence-electron chi connectivity index (χ2n) is 8.72. The van der Waals surface area contributed by atoms with Crippen LogP contribution in [0.4, 0.5) is 0 Å². The van der Waals surface area contributed by atoms with E-state index in [1.807, 2.05) is 0 Å². The first-order valence-corrected chi connectivity index (χ1v) is 12.3. The second-order valence-corrected chi connectivity index (χ2v) is 8.72. The number of aliphatic hydroxyl groups is 4. The topological polar surface area (TPSA) is 137 Å². The molecule has 0 aromatic rings. The van der Waals surface area contributed by atoms with E-state index in [2.05, 4.69) is 6.92 Å². The number of unbranched alkanes of at least 4 members (excludes halogenated alkanes) is 13. The maximum Gasteiger partial charge on any atom is 0.370 e. The molecule has 0 spiro atoms. The number of carbonyl (C=O) groups is 1. The van der Waals surface area contributed by atoms with Crippen molar-refractivity contribution in [1.82, 2.24) is 0 Å². The van der Waals surface area contributed by atoms with Crippen LogP contribution in [0.5, 0.6) is 0 Å². The van der Waals surface area contributed by atoms with E-state index in [-0.39, 0.29) is 5.76 Å². The van der Waals surface area contributed by atoms with E-state index < -0.39 is 43.3 Å². The number of hydrogen-bond donors (Lipinski definition) is 5. The molecular weight excluding hydrogens is 416 g/mol. The number of hydrogen-bond acceptors (Lipinski definition) is 7. The molecule has 8 nitrogen and oxygen atoms in total. The summed E-state index contributed by atoms with van der Waals surface area (Å²) in [5.41, 5.74) is 0. The lowest BCUT2D eigenvalue weighted by atomic mass is 9.99. The Morgan fingerprint density at radius 1 is 0.812 bits per heavy atom. The summed E-state index contributed by atoms with van der Waals surface area (Å²) >= 11 is 0. The maximum absolute atomic E-state index is 11.4. The highest BCUT2D eigenvalue weighted by Crippen LogP contribution is 2.24. The Hall–Kier alpha value is -1.19. The van der Waals surface area contributed by atoms with Gasteiger partial charge >= 0.3 is 5.97 Å². The fourth-order valence-corrected chi connectivity index (χ4v) is 3.87. The van der Waals surface area contributed by atoms with Gasteiger partial charge in [-0.25, -0.2) is 4.79 Å². The van der Waals surface area contributed by atoms with Crippen LogP contribution in [0.3, 0.4) is 0 Å². The third kappa shape index (κ3) is 11.1. The Balaban J connectivity index is 2.20. The van der Waals surface area contributed by atoms with Crippen molar-refractivity contribution in [2.45, 2.75) is 128 Å². The lowest BCUT2D eigenvalue weighted by Crippen LogP contribution is -2.59. The zero-order valence-corrected chi connectivity index (χ0v) is 19.5. The van der Waals surface area contributed by atoms with E-state index in [9.17, 15) is 30.3 Å². The van der Waals surface area contributed by atoms with Gasteiger partial charge in [0.1, 0.15) is 24.4 Å². The molecule has 1 aliphatic heterocycles. The Morgan fingerprint density at radius 2 is 1.31 bits per heavy atom. The minimum Gasteiger partial charge on any atom is -0.475 e. The van der Waals surface area contributed by atoms with Crippen LogP contribution >= 0.6 is 0 Å². The Bertz CT molecular complexity index is 522. The number of rotatable bonds is 18. The zero-order valence-electron chi connectivity index (χ0n) is 19.5. The molecule has 5 atom stereocenters. The van der Waals surface area contributed by atoms with Crippen LogP contribution in [0.15, 0.2) is 11.8 Å². The molecule has 1 rings (SSSR count). The van der Waals surface area contributed by atoms with Crippen molar-refractivity contribution in [1.29, 1.82) is 0 Å². The highest BCUT2D eigenvalue weighted by atomic mass is 16.7. The molecule has 1 aliphatic rings. The number of aliphatic carboxylic acids is 1. The number of allylic oxidation sites excluding steroid dienone is 1. The van der Waals surface area contributed by atoms with Crippen LogP contribution < -0.4 is 0 Å². The molecular formula is C24H44O8. The normalized spacial score (nSPS) is 26.3. The molecule has 0 aliphatic carbocycles. The number of carboxylic acid groups (broad SMARTS) is 1. The molecule has 8 heteroatoms. The standard InChI is InChI=1S/C24H44O8/c1-2-3-4-5-6-7-8-9-10-11-12-13-14-15-16-18(23(29)30)31-24-22(28)21(27)20(26)19(17-25)32-24/h16,19-22,24-28H,2-15,17H2,1H3,(H,29,30)/t19-,20-,21+,22-,24?/m1/s1. The van der Waals surface area contributed by atoms with Gasteiger partial charge < -0.3 is 35.0 Å². The lowest BCUT2D eigenvalue weighted by Gasteiger charge is -2.39. The molecule has 0 radical (unpaired) electrons. The van der Waals surface area contributed by atoms with Gasteiger partial charge in [0.2, 0.25) is 12.0 Å². The minimum atomic E-state index is -1.63. The summed E-state index contributed by atoms with van der Waals surface area (Å²) in [7, 11) is 0. The molecule has 1 heterocycles. The molecule has 0 saturated carbocycles. The quantitative estimate of drug-likeness (QED) is 0.119. The third-order valence-electron chi connectivity index (χ3n) is 5.94. The molecule has 188 valence electrons. The van der Waals surface area contributed by atoms with Crippen LogP contribution in [0.1, 0.15) is 96.8 Å². The molecule has 1 saturated heterocycles. The first-order chi connectivity index (χ1) is 15.4. The van der Waals surface area contributed by atoms with Crippen molar-refractivity contribution < 1.29 is 39.8 Å². The van der Waals surface area contributed by atoms with Gasteiger partial charge in [0, 0.05) is 0 Å². The number of ether oxygens (including phenoxy) is 2. The highest BCUT2D eigenvalue weighted by molar-refractivity contribution is 5.84. The predicted molar refractivity (Wildman–Crippen MR) is 121 cm³/mol. The minimum absolute atomic E-state index is 0.381. The summed E-state index contributed by atoms with van der Waals surface area (Å²) in [4.78, 5) is 11.4. The molecule has 1 unspecified atom stereocenters. The molecule has 0 amide bonds. The fourth-order valence-electron chi connectivity index (χ4n) is 3.87. The van der Waals surface area contributed by atoms with Crippen LogP contribution in [-0.2, 0) is 14.3 Å². The zero-order chi connectivity index (χ0) is 23.8.